The summed E-state index contributed by atoms with van der Waals surface area (Å²) in [5.74, 6) is 0.774. The summed E-state index contributed by atoms with van der Waals surface area (Å²) in [6.07, 6.45) is 0. The molecule has 0 saturated carbocycles. The van der Waals surface area contributed by atoms with Crippen molar-refractivity contribution in [3.63, 3.8) is 0 Å². The van der Waals surface area contributed by atoms with Crippen LogP contribution in [-0.4, -0.2) is 42.2 Å². The lowest BCUT2D eigenvalue weighted by Crippen LogP contribution is -3.29. The maximum atomic E-state index is 12.3. The third-order valence-electron chi connectivity index (χ3n) is 4.91. The zero-order chi connectivity index (χ0) is 16.6. The van der Waals surface area contributed by atoms with Gasteiger partial charge in [-0.15, -0.1) is 11.3 Å². The molecule has 3 rings (SSSR count). The first-order valence-corrected chi connectivity index (χ1v) is 8.88. The molecule has 1 aliphatic rings. The smallest absolute Gasteiger partial charge is 0.260 e. The van der Waals surface area contributed by atoms with Gasteiger partial charge in [0.15, 0.2) is 11.9 Å². The van der Waals surface area contributed by atoms with Gasteiger partial charge < -0.3 is 14.8 Å². The quantitative estimate of drug-likeness (QED) is 0.660. The molecule has 2 aromatic heterocycles. The predicted octanol–water partition coefficient (Wildman–Crippen LogP) is -1.20. The number of hydrogen-bond acceptors (Lipinski definition) is 4. The van der Waals surface area contributed by atoms with E-state index in [0.29, 0.717) is 0 Å². The van der Waals surface area contributed by atoms with Gasteiger partial charge in [0.1, 0.15) is 43.6 Å². The summed E-state index contributed by atoms with van der Waals surface area (Å²) in [6.45, 7) is 10.7. The number of aromatic amines is 1. The van der Waals surface area contributed by atoms with Crippen molar-refractivity contribution in [1.82, 2.24) is 9.97 Å². The van der Waals surface area contributed by atoms with Crippen LogP contribution in [0.15, 0.2) is 4.79 Å². The maximum absolute atomic E-state index is 12.3. The number of rotatable bonds is 3. The van der Waals surface area contributed by atoms with Gasteiger partial charge in [-0.05, 0) is 19.4 Å². The van der Waals surface area contributed by atoms with Crippen molar-refractivity contribution < 1.29 is 9.80 Å². The minimum atomic E-state index is -0.0198. The molecule has 1 fully saturated rings. The van der Waals surface area contributed by atoms with E-state index in [1.807, 2.05) is 20.8 Å². The number of H-pyrrole nitrogens is 1. The van der Waals surface area contributed by atoms with Crippen molar-refractivity contribution in [3.8, 4) is 6.07 Å². The highest BCUT2D eigenvalue weighted by Gasteiger charge is 2.27. The lowest BCUT2D eigenvalue weighted by molar-refractivity contribution is -1.03. The number of thiophene rings is 1. The minimum absolute atomic E-state index is 0.0198. The van der Waals surface area contributed by atoms with Gasteiger partial charge in [0.2, 0.25) is 0 Å². The van der Waals surface area contributed by atoms with Crippen LogP contribution in [-0.2, 0) is 6.54 Å². The molecule has 122 valence electrons. The lowest BCUT2D eigenvalue weighted by Gasteiger charge is -2.30. The zero-order valence-corrected chi connectivity index (χ0v) is 14.6. The number of nitrogens with one attached hydrogen (secondary N) is 3. The average Bonchev–Trinajstić information content (AvgIpc) is 2.82. The number of nitriles is 1. The Morgan fingerprint density at radius 1 is 1.35 bits per heavy atom. The fourth-order valence-corrected chi connectivity index (χ4v) is 4.29. The first-order chi connectivity index (χ1) is 11.0. The SMILES string of the molecule is Cc1sc2nc(C[NH+]3CC[NH+]([C@@H](C)C#N)CC3)[nH]c(=O)c2c1C. The Labute approximate surface area is 139 Å². The van der Waals surface area contributed by atoms with E-state index in [0.717, 1.165) is 59.2 Å². The minimum Gasteiger partial charge on any atom is -0.319 e. The first kappa shape index (κ1) is 16.1. The van der Waals surface area contributed by atoms with Crippen LogP contribution in [0.1, 0.15) is 23.2 Å². The van der Waals surface area contributed by atoms with Crippen LogP contribution in [0.4, 0.5) is 0 Å². The van der Waals surface area contributed by atoms with E-state index >= 15 is 0 Å². The Morgan fingerprint density at radius 2 is 2.04 bits per heavy atom. The molecule has 23 heavy (non-hydrogen) atoms. The van der Waals surface area contributed by atoms with Crippen LogP contribution in [0.5, 0.6) is 0 Å². The molecule has 0 spiro atoms. The molecule has 1 aliphatic heterocycles. The zero-order valence-electron chi connectivity index (χ0n) is 13.8. The monoisotopic (exact) mass is 333 g/mol. The van der Waals surface area contributed by atoms with Crippen LogP contribution in [0.25, 0.3) is 10.2 Å². The van der Waals surface area contributed by atoms with Gasteiger partial charge in [-0.2, -0.15) is 5.26 Å². The summed E-state index contributed by atoms with van der Waals surface area (Å²) >= 11 is 1.60. The molecule has 0 bridgehead atoms. The van der Waals surface area contributed by atoms with Crippen LogP contribution in [0.2, 0.25) is 0 Å². The molecule has 0 unspecified atom stereocenters. The summed E-state index contributed by atoms with van der Waals surface area (Å²) in [5.41, 5.74) is 1.02. The Hall–Kier alpha value is -1.75. The number of aryl methyl sites for hydroxylation is 2. The normalized spacial score (nSPS) is 22.9. The van der Waals surface area contributed by atoms with Crippen molar-refractivity contribution in [2.45, 2.75) is 33.4 Å². The van der Waals surface area contributed by atoms with Crippen LogP contribution < -0.4 is 15.4 Å². The van der Waals surface area contributed by atoms with E-state index < -0.39 is 0 Å². The number of hydrogen-bond donors (Lipinski definition) is 3. The molecule has 1 saturated heterocycles. The molecule has 0 aliphatic carbocycles. The van der Waals surface area contributed by atoms with Crippen molar-refractivity contribution in [3.05, 3.63) is 26.6 Å². The summed E-state index contributed by atoms with van der Waals surface area (Å²) < 4.78 is 0. The molecule has 0 radical (unpaired) electrons. The first-order valence-electron chi connectivity index (χ1n) is 8.06. The fourth-order valence-electron chi connectivity index (χ4n) is 3.25. The van der Waals surface area contributed by atoms with Crippen molar-refractivity contribution >= 4 is 21.6 Å². The Morgan fingerprint density at radius 3 is 2.70 bits per heavy atom. The highest BCUT2D eigenvalue weighted by molar-refractivity contribution is 7.18. The molecule has 6 nitrogen and oxygen atoms in total. The summed E-state index contributed by atoms with van der Waals surface area (Å²) in [7, 11) is 0. The molecular weight excluding hydrogens is 310 g/mol. The number of fused-ring (bicyclic) bond motifs is 1. The van der Waals surface area contributed by atoms with Gasteiger partial charge in [-0.3, -0.25) is 4.79 Å². The van der Waals surface area contributed by atoms with Gasteiger partial charge in [0.05, 0.1) is 5.39 Å². The van der Waals surface area contributed by atoms with Crippen LogP contribution in [0, 0.1) is 25.2 Å². The predicted molar refractivity (Wildman–Crippen MR) is 89.9 cm³/mol. The van der Waals surface area contributed by atoms with Gasteiger partial charge >= 0.3 is 0 Å². The Bertz CT molecular complexity index is 810. The summed E-state index contributed by atoms with van der Waals surface area (Å²) in [6, 6.07) is 2.39. The van der Waals surface area contributed by atoms with Gasteiger partial charge in [-0.25, -0.2) is 4.98 Å². The lowest BCUT2D eigenvalue weighted by atomic mass is 10.2. The highest BCUT2D eigenvalue weighted by Crippen LogP contribution is 2.25. The van der Waals surface area contributed by atoms with Gasteiger partial charge in [0.25, 0.3) is 5.56 Å². The van der Waals surface area contributed by atoms with Crippen molar-refractivity contribution in [2.75, 3.05) is 26.2 Å². The van der Waals surface area contributed by atoms with Crippen LogP contribution in [0.3, 0.4) is 0 Å². The van der Waals surface area contributed by atoms with E-state index in [4.69, 9.17) is 5.26 Å². The Kier molecular flexibility index (Phi) is 4.48. The van der Waals surface area contributed by atoms with Crippen molar-refractivity contribution in [1.29, 1.82) is 5.26 Å². The summed E-state index contributed by atoms with van der Waals surface area (Å²) in [4.78, 5) is 24.7. The largest absolute Gasteiger partial charge is 0.319 e. The number of nitrogens with zero attached hydrogens (tertiary/aromatic N) is 2. The van der Waals surface area contributed by atoms with Gasteiger partial charge in [0, 0.05) is 11.8 Å². The molecule has 3 heterocycles. The van der Waals surface area contributed by atoms with Crippen molar-refractivity contribution in [2.24, 2.45) is 0 Å². The number of piperazine rings is 1. The maximum Gasteiger partial charge on any atom is 0.260 e. The average molecular weight is 333 g/mol. The number of quaternary nitrogens is 2. The van der Waals surface area contributed by atoms with E-state index in [9.17, 15) is 4.79 Å². The summed E-state index contributed by atoms with van der Waals surface area (Å²) in [5, 5.41) is 9.76. The molecule has 2 aromatic rings. The molecular formula is C16H23N5OS+2. The fraction of sp³-hybridized carbons (Fsp3) is 0.562. The molecule has 7 heteroatoms. The van der Waals surface area contributed by atoms with Crippen LogP contribution >= 0.6 is 11.3 Å². The molecule has 3 N–H and O–H groups in total. The third kappa shape index (κ3) is 3.15. The molecule has 0 aromatic carbocycles. The number of aromatic nitrogens is 2. The third-order valence-corrected chi connectivity index (χ3v) is 6.01. The second-order valence-electron chi connectivity index (χ2n) is 6.41. The topological polar surface area (TPSA) is 78.4 Å². The van der Waals surface area contributed by atoms with Gasteiger partial charge in [-0.1, -0.05) is 0 Å². The van der Waals surface area contributed by atoms with E-state index in [2.05, 4.69) is 16.0 Å². The second kappa shape index (κ2) is 6.40. The highest BCUT2D eigenvalue weighted by atomic mass is 32.1. The molecule has 0 amide bonds. The standard InChI is InChI=1S/C16H21N5OS/c1-10(8-17)21-6-4-20(5-7-21)9-13-18-15(22)14-11(2)12(3)23-16(14)19-13/h10H,4-7,9H2,1-3H3,(H,18,19,22)/p+2/t10-/m0/s1. The second-order valence-corrected chi connectivity index (χ2v) is 7.62. The van der Waals surface area contributed by atoms with E-state index in [1.54, 1.807) is 11.3 Å². The van der Waals surface area contributed by atoms with E-state index in [1.165, 1.54) is 9.80 Å². The molecule has 1 atom stereocenters. The van der Waals surface area contributed by atoms with E-state index in [-0.39, 0.29) is 11.6 Å². The Balaban J connectivity index is 1.74.